The number of aromatic nitrogens is 2. The van der Waals surface area contributed by atoms with Crippen molar-refractivity contribution in [3.05, 3.63) is 58.7 Å². The zero-order valence-corrected chi connectivity index (χ0v) is 14.6. The number of fused-ring (bicyclic) bond motifs is 1. The molecule has 1 aromatic carbocycles. The van der Waals surface area contributed by atoms with Crippen molar-refractivity contribution in [2.45, 2.75) is 24.9 Å². The third-order valence-corrected chi connectivity index (χ3v) is 5.84. The number of nitrogens with two attached hydrogens (primary N) is 1. The van der Waals surface area contributed by atoms with Crippen LogP contribution in [0.4, 0.5) is 13.2 Å². The molecule has 7 nitrogen and oxygen atoms in total. The van der Waals surface area contributed by atoms with Crippen LogP contribution < -0.4 is 5.73 Å². The van der Waals surface area contributed by atoms with Crippen LogP contribution in [0.15, 0.2) is 24.3 Å². The molecule has 0 atom stereocenters. The number of hydrogen-bond acceptors (Lipinski definition) is 5. The first-order chi connectivity index (χ1) is 12.6. The lowest BCUT2D eigenvalue weighted by molar-refractivity contribution is -0.137. The SMILES string of the molecule is NC(=O)c1n[c]c2c(n1)CN(S(=O)(=O)Cc1cccc(C(F)(F)F)c1)CC2. The first kappa shape index (κ1) is 19.2. The predicted octanol–water partition coefficient (Wildman–Crippen LogP) is 1.28. The monoisotopic (exact) mass is 399 g/mol. The zero-order valence-electron chi connectivity index (χ0n) is 13.8. The maximum atomic E-state index is 12.8. The summed E-state index contributed by atoms with van der Waals surface area (Å²) in [7, 11) is -3.90. The lowest BCUT2D eigenvalue weighted by Crippen LogP contribution is -2.37. The highest BCUT2D eigenvalue weighted by molar-refractivity contribution is 7.88. The van der Waals surface area contributed by atoms with Crippen LogP contribution in [-0.2, 0) is 34.9 Å². The van der Waals surface area contributed by atoms with E-state index in [1.54, 1.807) is 0 Å². The molecule has 0 saturated heterocycles. The number of amides is 1. The Labute approximate surface area is 153 Å². The first-order valence-corrected chi connectivity index (χ1v) is 9.38. The lowest BCUT2D eigenvalue weighted by atomic mass is 10.1. The third kappa shape index (κ3) is 4.25. The number of benzene rings is 1. The van der Waals surface area contributed by atoms with E-state index in [-0.39, 0.29) is 30.9 Å². The van der Waals surface area contributed by atoms with Crippen molar-refractivity contribution in [3.63, 3.8) is 0 Å². The molecule has 0 bridgehead atoms. The Balaban J connectivity index is 1.82. The minimum Gasteiger partial charge on any atom is -0.363 e. The van der Waals surface area contributed by atoms with Crippen LogP contribution in [0, 0.1) is 6.20 Å². The normalized spacial score (nSPS) is 15.4. The summed E-state index contributed by atoms with van der Waals surface area (Å²) in [4.78, 5) is 18.8. The minimum atomic E-state index is -4.55. The highest BCUT2D eigenvalue weighted by atomic mass is 32.2. The molecule has 2 N–H and O–H groups in total. The summed E-state index contributed by atoms with van der Waals surface area (Å²) in [5.74, 6) is -1.71. The topological polar surface area (TPSA) is 106 Å². The number of nitrogens with zero attached hydrogens (tertiary/aromatic N) is 3. The van der Waals surface area contributed by atoms with Gasteiger partial charge in [0.05, 0.1) is 29.8 Å². The molecule has 1 aliphatic rings. The van der Waals surface area contributed by atoms with E-state index in [0.29, 0.717) is 11.3 Å². The molecule has 3 rings (SSSR count). The number of primary amides is 1. The molecule has 0 aliphatic carbocycles. The molecule has 27 heavy (non-hydrogen) atoms. The summed E-state index contributed by atoms with van der Waals surface area (Å²) in [6, 6.07) is 4.19. The Morgan fingerprint density at radius 2 is 2.07 bits per heavy atom. The van der Waals surface area contributed by atoms with E-state index in [1.807, 2.05) is 0 Å². The van der Waals surface area contributed by atoms with Gasteiger partial charge in [-0.15, -0.1) is 0 Å². The quantitative estimate of drug-likeness (QED) is 0.834. The number of halogens is 3. The van der Waals surface area contributed by atoms with Crippen LogP contribution >= 0.6 is 0 Å². The standard InChI is InChI=1S/C16H14F3N4O3S/c17-16(18,19)12-3-1-2-10(6-12)9-27(25,26)23-5-4-11-7-21-15(14(20)24)22-13(11)8-23/h1-3,6H,4-5,8-9H2,(H2,20,24). The summed E-state index contributed by atoms with van der Waals surface area (Å²) >= 11 is 0. The van der Waals surface area contributed by atoms with Gasteiger partial charge in [-0.05, 0) is 18.1 Å². The second-order valence-corrected chi connectivity index (χ2v) is 7.96. The van der Waals surface area contributed by atoms with Crippen LogP contribution in [0.1, 0.15) is 33.0 Å². The van der Waals surface area contributed by atoms with Crippen LogP contribution in [0.3, 0.4) is 0 Å². The van der Waals surface area contributed by atoms with Crippen molar-refractivity contribution in [2.24, 2.45) is 5.73 Å². The molecule has 143 valence electrons. The molecule has 1 aliphatic heterocycles. The fraction of sp³-hybridized carbons (Fsp3) is 0.312. The van der Waals surface area contributed by atoms with Crippen LogP contribution in [0.2, 0.25) is 0 Å². The molecular formula is C16H14F3N4O3S. The molecule has 11 heteroatoms. The maximum absolute atomic E-state index is 12.8. The largest absolute Gasteiger partial charge is 0.416 e. The van der Waals surface area contributed by atoms with E-state index in [1.165, 1.54) is 12.1 Å². The van der Waals surface area contributed by atoms with Gasteiger partial charge in [0.1, 0.15) is 0 Å². The smallest absolute Gasteiger partial charge is 0.363 e. The van der Waals surface area contributed by atoms with Crippen molar-refractivity contribution in [2.75, 3.05) is 6.54 Å². The Hall–Kier alpha value is -2.53. The van der Waals surface area contributed by atoms with Crippen LogP contribution in [0.25, 0.3) is 0 Å². The molecular weight excluding hydrogens is 385 g/mol. The molecule has 0 fully saturated rings. The molecule has 0 unspecified atom stereocenters. The molecule has 2 heterocycles. The molecule has 2 aromatic rings. The van der Waals surface area contributed by atoms with E-state index in [2.05, 4.69) is 16.2 Å². The van der Waals surface area contributed by atoms with Gasteiger partial charge in [0.15, 0.2) is 0 Å². The summed E-state index contributed by atoms with van der Waals surface area (Å²) < 4.78 is 64.8. The van der Waals surface area contributed by atoms with Gasteiger partial charge in [-0.3, -0.25) is 4.79 Å². The van der Waals surface area contributed by atoms with Crippen molar-refractivity contribution < 1.29 is 26.4 Å². The number of alkyl halides is 3. The van der Waals surface area contributed by atoms with Gasteiger partial charge in [0, 0.05) is 12.1 Å². The lowest BCUT2D eigenvalue weighted by Gasteiger charge is -2.27. The number of carbonyl (C=O) groups is 1. The number of carbonyl (C=O) groups excluding carboxylic acids is 1. The molecule has 1 radical (unpaired) electrons. The minimum absolute atomic E-state index is 0.0303. The highest BCUT2D eigenvalue weighted by Gasteiger charge is 2.32. The van der Waals surface area contributed by atoms with Crippen molar-refractivity contribution in [1.82, 2.24) is 14.3 Å². The highest BCUT2D eigenvalue weighted by Crippen LogP contribution is 2.30. The second-order valence-electron chi connectivity index (χ2n) is 5.99. The van der Waals surface area contributed by atoms with Crippen LogP contribution in [-0.4, -0.2) is 35.1 Å². The number of hydrogen-bond donors (Lipinski definition) is 1. The van der Waals surface area contributed by atoms with Gasteiger partial charge < -0.3 is 5.73 Å². The Morgan fingerprint density at radius 1 is 1.33 bits per heavy atom. The van der Waals surface area contributed by atoms with E-state index in [0.717, 1.165) is 16.4 Å². The average Bonchev–Trinajstić information content (AvgIpc) is 2.59. The Morgan fingerprint density at radius 3 is 2.74 bits per heavy atom. The molecule has 0 spiro atoms. The first-order valence-electron chi connectivity index (χ1n) is 7.77. The summed E-state index contributed by atoms with van der Waals surface area (Å²) in [6.45, 7) is -0.0139. The van der Waals surface area contributed by atoms with E-state index < -0.39 is 33.4 Å². The molecule has 0 saturated carbocycles. The van der Waals surface area contributed by atoms with Crippen molar-refractivity contribution in [3.8, 4) is 0 Å². The number of sulfonamides is 1. The fourth-order valence-corrected chi connectivity index (χ4v) is 4.18. The second kappa shape index (κ2) is 6.89. The summed E-state index contributed by atoms with van der Waals surface area (Å²) in [5, 5.41) is 0. The zero-order chi connectivity index (χ0) is 19.8. The van der Waals surface area contributed by atoms with E-state index >= 15 is 0 Å². The Bertz CT molecular complexity index is 993. The van der Waals surface area contributed by atoms with Crippen molar-refractivity contribution >= 4 is 15.9 Å². The number of rotatable bonds is 4. The third-order valence-electron chi connectivity index (χ3n) is 4.04. The van der Waals surface area contributed by atoms with Gasteiger partial charge in [-0.2, -0.15) is 17.5 Å². The summed E-state index contributed by atoms with van der Waals surface area (Å²) in [6.07, 6.45) is -1.66. The maximum Gasteiger partial charge on any atom is 0.416 e. The molecule has 1 amide bonds. The average molecular weight is 399 g/mol. The van der Waals surface area contributed by atoms with Gasteiger partial charge >= 0.3 is 6.18 Å². The van der Waals surface area contributed by atoms with Crippen LogP contribution in [0.5, 0.6) is 0 Å². The van der Waals surface area contributed by atoms with Gasteiger partial charge in [-0.1, -0.05) is 18.2 Å². The Kier molecular flexibility index (Phi) is 4.91. The van der Waals surface area contributed by atoms with E-state index in [9.17, 15) is 26.4 Å². The van der Waals surface area contributed by atoms with E-state index in [4.69, 9.17) is 5.73 Å². The summed E-state index contributed by atoms with van der Waals surface area (Å²) in [5.41, 5.74) is 5.11. The molecule has 1 aromatic heterocycles. The van der Waals surface area contributed by atoms with Gasteiger partial charge in [-0.25, -0.2) is 18.4 Å². The fourth-order valence-electron chi connectivity index (χ4n) is 2.71. The van der Waals surface area contributed by atoms with Crippen molar-refractivity contribution in [1.29, 1.82) is 0 Å². The van der Waals surface area contributed by atoms with Gasteiger partial charge in [0.25, 0.3) is 5.91 Å². The van der Waals surface area contributed by atoms with Gasteiger partial charge in [0.2, 0.25) is 15.8 Å². The predicted molar refractivity (Wildman–Crippen MR) is 87.6 cm³/mol.